The molecule has 0 fully saturated rings. The number of hydrogen-bond donors (Lipinski definition) is 2. The normalized spacial score (nSPS) is 12.3. The molecule has 1 aromatic carbocycles. The maximum Gasteiger partial charge on any atom is 0.127 e. The van der Waals surface area contributed by atoms with Gasteiger partial charge in [-0.05, 0) is 25.1 Å². The van der Waals surface area contributed by atoms with Gasteiger partial charge >= 0.3 is 0 Å². The van der Waals surface area contributed by atoms with Crippen molar-refractivity contribution in [3.05, 3.63) is 23.8 Å². The molecule has 4 heteroatoms. The Bertz CT molecular complexity index is 293. The molecule has 0 aliphatic carbocycles. The summed E-state index contributed by atoms with van der Waals surface area (Å²) in [7, 11) is 3.24. The molecule has 0 saturated carbocycles. The zero-order valence-corrected chi connectivity index (χ0v) is 9.19. The van der Waals surface area contributed by atoms with E-state index in [1.54, 1.807) is 14.2 Å². The van der Waals surface area contributed by atoms with E-state index in [2.05, 4.69) is 0 Å². The van der Waals surface area contributed by atoms with E-state index < -0.39 is 0 Å². The molecule has 0 aliphatic heterocycles. The predicted molar refractivity (Wildman–Crippen MR) is 60.1 cm³/mol. The van der Waals surface area contributed by atoms with Crippen LogP contribution in [0.15, 0.2) is 18.2 Å². The van der Waals surface area contributed by atoms with E-state index in [-0.39, 0.29) is 6.04 Å². The second-order valence-electron chi connectivity index (χ2n) is 3.26. The van der Waals surface area contributed by atoms with Gasteiger partial charge in [0.1, 0.15) is 11.5 Å². The average Bonchev–Trinajstić information content (AvgIpc) is 2.28. The van der Waals surface area contributed by atoms with Crippen LogP contribution in [0.1, 0.15) is 18.0 Å². The largest absolute Gasteiger partial charge is 0.496 e. The molecule has 0 spiro atoms. The Kier molecular flexibility index (Phi) is 4.39. The number of nitrogens with two attached hydrogens (primary N) is 2. The molecule has 0 unspecified atom stereocenters. The van der Waals surface area contributed by atoms with Crippen LogP contribution in [0.2, 0.25) is 0 Å². The van der Waals surface area contributed by atoms with Crippen LogP contribution in [0, 0.1) is 0 Å². The number of methoxy groups -OCH3 is 2. The van der Waals surface area contributed by atoms with Crippen molar-refractivity contribution >= 4 is 0 Å². The van der Waals surface area contributed by atoms with Gasteiger partial charge in [-0.25, -0.2) is 0 Å². The van der Waals surface area contributed by atoms with Gasteiger partial charge in [0.05, 0.1) is 19.8 Å². The molecule has 84 valence electrons. The number of hydrogen-bond acceptors (Lipinski definition) is 4. The van der Waals surface area contributed by atoms with Crippen molar-refractivity contribution in [1.29, 1.82) is 0 Å². The lowest BCUT2D eigenvalue weighted by molar-refractivity contribution is 0.377. The monoisotopic (exact) mass is 210 g/mol. The number of benzene rings is 1. The van der Waals surface area contributed by atoms with E-state index in [1.165, 1.54) is 0 Å². The molecule has 0 saturated heterocycles. The predicted octanol–water partition coefficient (Wildman–Crippen LogP) is 1.05. The third-order valence-electron chi connectivity index (χ3n) is 2.31. The van der Waals surface area contributed by atoms with E-state index in [4.69, 9.17) is 20.9 Å². The molecule has 15 heavy (non-hydrogen) atoms. The molecular weight excluding hydrogens is 192 g/mol. The van der Waals surface area contributed by atoms with E-state index in [1.807, 2.05) is 18.2 Å². The van der Waals surface area contributed by atoms with Gasteiger partial charge < -0.3 is 20.9 Å². The first-order valence-electron chi connectivity index (χ1n) is 4.91. The van der Waals surface area contributed by atoms with Crippen molar-refractivity contribution in [3.8, 4) is 11.5 Å². The molecular formula is C11H18N2O2. The zero-order chi connectivity index (χ0) is 11.3. The molecule has 4 nitrogen and oxygen atoms in total. The van der Waals surface area contributed by atoms with Crippen LogP contribution in [-0.2, 0) is 0 Å². The van der Waals surface area contributed by atoms with Gasteiger partial charge in [0.15, 0.2) is 0 Å². The second-order valence-corrected chi connectivity index (χ2v) is 3.26. The Morgan fingerprint density at radius 2 is 1.73 bits per heavy atom. The summed E-state index contributed by atoms with van der Waals surface area (Å²) < 4.78 is 10.5. The first kappa shape index (κ1) is 11.8. The summed E-state index contributed by atoms with van der Waals surface area (Å²) >= 11 is 0. The Morgan fingerprint density at radius 3 is 2.13 bits per heavy atom. The molecule has 0 bridgehead atoms. The molecule has 0 heterocycles. The van der Waals surface area contributed by atoms with E-state index >= 15 is 0 Å². The summed E-state index contributed by atoms with van der Waals surface area (Å²) in [5, 5.41) is 0. The summed E-state index contributed by atoms with van der Waals surface area (Å²) in [5.41, 5.74) is 12.4. The minimum absolute atomic E-state index is 0.152. The molecule has 4 N–H and O–H groups in total. The molecule has 1 aromatic rings. The smallest absolute Gasteiger partial charge is 0.127 e. The average molecular weight is 210 g/mol. The van der Waals surface area contributed by atoms with Crippen molar-refractivity contribution in [2.24, 2.45) is 11.5 Å². The highest BCUT2D eigenvalue weighted by atomic mass is 16.5. The third kappa shape index (κ3) is 2.61. The highest BCUT2D eigenvalue weighted by Gasteiger charge is 2.16. The molecule has 0 aliphatic rings. The van der Waals surface area contributed by atoms with Crippen LogP contribution in [0.25, 0.3) is 0 Å². The Hall–Kier alpha value is -1.26. The first-order chi connectivity index (χ1) is 7.24. The quantitative estimate of drug-likeness (QED) is 0.762. The van der Waals surface area contributed by atoms with Crippen LogP contribution in [-0.4, -0.2) is 20.8 Å². The van der Waals surface area contributed by atoms with Crippen molar-refractivity contribution in [1.82, 2.24) is 0 Å². The van der Waals surface area contributed by atoms with Crippen molar-refractivity contribution in [2.75, 3.05) is 20.8 Å². The van der Waals surface area contributed by atoms with Crippen LogP contribution in [0.4, 0.5) is 0 Å². The topological polar surface area (TPSA) is 70.5 Å². The summed E-state index contributed by atoms with van der Waals surface area (Å²) in [6, 6.07) is 5.46. The standard InChI is InChI=1S/C11H18N2O2/c1-14-9-4-3-5-10(15-2)11(9)8(13)6-7-12/h3-5,8H,6-7,12-13H2,1-2H3/t8-/m0/s1. The highest BCUT2D eigenvalue weighted by molar-refractivity contribution is 5.46. The lowest BCUT2D eigenvalue weighted by atomic mass is 10.0. The highest BCUT2D eigenvalue weighted by Crippen LogP contribution is 2.33. The number of rotatable bonds is 5. The van der Waals surface area contributed by atoms with Crippen LogP contribution >= 0.6 is 0 Å². The van der Waals surface area contributed by atoms with Gasteiger partial charge in [0, 0.05) is 6.04 Å². The van der Waals surface area contributed by atoms with Gasteiger partial charge in [-0.2, -0.15) is 0 Å². The van der Waals surface area contributed by atoms with Crippen molar-refractivity contribution in [3.63, 3.8) is 0 Å². The summed E-state index contributed by atoms with van der Waals surface area (Å²) in [4.78, 5) is 0. The lowest BCUT2D eigenvalue weighted by Gasteiger charge is -2.18. The van der Waals surface area contributed by atoms with Gasteiger partial charge in [-0.3, -0.25) is 0 Å². The Labute approximate surface area is 90.2 Å². The first-order valence-corrected chi connectivity index (χ1v) is 4.91. The Balaban J connectivity index is 3.09. The fraction of sp³-hybridized carbons (Fsp3) is 0.455. The van der Waals surface area contributed by atoms with Gasteiger partial charge in [-0.15, -0.1) is 0 Å². The maximum absolute atomic E-state index is 6.02. The minimum atomic E-state index is -0.152. The van der Waals surface area contributed by atoms with Crippen LogP contribution in [0.5, 0.6) is 11.5 Å². The van der Waals surface area contributed by atoms with E-state index in [9.17, 15) is 0 Å². The van der Waals surface area contributed by atoms with Crippen molar-refractivity contribution < 1.29 is 9.47 Å². The summed E-state index contributed by atoms with van der Waals surface area (Å²) in [6.07, 6.45) is 0.705. The summed E-state index contributed by atoms with van der Waals surface area (Å²) in [6.45, 7) is 0.544. The van der Waals surface area contributed by atoms with E-state index in [0.29, 0.717) is 13.0 Å². The fourth-order valence-corrected chi connectivity index (χ4v) is 1.57. The molecule has 0 aromatic heterocycles. The zero-order valence-electron chi connectivity index (χ0n) is 9.19. The van der Waals surface area contributed by atoms with E-state index in [0.717, 1.165) is 17.1 Å². The molecule has 0 amide bonds. The fourth-order valence-electron chi connectivity index (χ4n) is 1.57. The lowest BCUT2D eigenvalue weighted by Crippen LogP contribution is -2.17. The van der Waals surface area contributed by atoms with Crippen molar-refractivity contribution in [2.45, 2.75) is 12.5 Å². The molecule has 1 atom stereocenters. The van der Waals surface area contributed by atoms with Crippen LogP contribution < -0.4 is 20.9 Å². The van der Waals surface area contributed by atoms with Crippen LogP contribution in [0.3, 0.4) is 0 Å². The second kappa shape index (κ2) is 5.58. The maximum atomic E-state index is 6.02. The minimum Gasteiger partial charge on any atom is -0.496 e. The molecule has 0 radical (unpaired) electrons. The van der Waals surface area contributed by atoms with Gasteiger partial charge in [0.2, 0.25) is 0 Å². The van der Waals surface area contributed by atoms with Gasteiger partial charge in [-0.1, -0.05) is 6.07 Å². The van der Waals surface area contributed by atoms with Gasteiger partial charge in [0.25, 0.3) is 0 Å². The number of ether oxygens (including phenoxy) is 2. The SMILES string of the molecule is COc1cccc(OC)c1[C@@H](N)CCN. The molecule has 1 rings (SSSR count). The Morgan fingerprint density at radius 1 is 1.20 bits per heavy atom. The third-order valence-corrected chi connectivity index (χ3v) is 2.31. The summed E-state index contributed by atoms with van der Waals surface area (Å²) in [5.74, 6) is 1.49.